The van der Waals surface area contributed by atoms with Crippen molar-refractivity contribution >= 4 is 38.8 Å². The molecule has 2 aliphatic rings. The summed E-state index contributed by atoms with van der Waals surface area (Å²) in [5.41, 5.74) is 2.33. The van der Waals surface area contributed by atoms with Crippen molar-refractivity contribution in [3.05, 3.63) is 26.2 Å². The molecular weight excluding hydrogens is 414 g/mol. The van der Waals surface area contributed by atoms with Crippen LogP contribution in [0.25, 0.3) is 11.2 Å². The van der Waals surface area contributed by atoms with E-state index in [2.05, 4.69) is 36.1 Å². The van der Waals surface area contributed by atoms with Crippen molar-refractivity contribution in [3.8, 4) is 0 Å². The van der Waals surface area contributed by atoms with Crippen LogP contribution in [-0.4, -0.2) is 50.8 Å². The highest BCUT2D eigenvalue weighted by atomic mass is 79.9. The van der Waals surface area contributed by atoms with E-state index in [1.165, 1.54) is 0 Å². The summed E-state index contributed by atoms with van der Waals surface area (Å²) in [5.74, 6) is -0.968. The molecule has 1 saturated carbocycles. The van der Waals surface area contributed by atoms with Gasteiger partial charge in [-0.25, -0.2) is 9.97 Å². The van der Waals surface area contributed by atoms with E-state index in [0.717, 1.165) is 31.6 Å². The highest BCUT2D eigenvalue weighted by molar-refractivity contribution is 9.10. The van der Waals surface area contributed by atoms with E-state index in [9.17, 15) is 14.7 Å². The Kier molecular flexibility index (Phi) is 4.67. The van der Waals surface area contributed by atoms with Crippen LogP contribution in [-0.2, 0) is 17.8 Å². The molecule has 144 valence electrons. The number of aliphatic carboxylic acids is 1. The number of hydrogen-bond donors (Lipinski definition) is 2. The predicted molar refractivity (Wildman–Crippen MR) is 105 cm³/mol. The molecule has 2 fully saturated rings. The summed E-state index contributed by atoms with van der Waals surface area (Å²) in [6.45, 7) is 5.01. The average Bonchev–Trinajstić information content (AvgIpc) is 2.59. The lowest BCUT2D eigenvalue weighted by atomic mass is 9.83. The molecule has 0 unspecified atom stereocenters. The number of nitrogens with one attached hydrogen (secondary N) is 1. The third-order valence-corrected chi connectivity index (χ3v) is 6.34. The number of fused-ring (bicyclic) bond motifs is 2. The Morgan fingerprint density at radius 3 is 2.78 bits per heavy atom. The van der Waals surface area contributed by atoms with Crippen LogP contribution in [0.5, 0.6) is 0 Å². The van der Waals surface area contributed by atoms with Gasteiger partial charge in [-0.1, -0.05) is 6.92 Å². The Labute approximate surface area is 164 Å². The molecule has 0 radical (unpaired) electrons. The summed E-state index contributed by atoms with van der Waals surface area (Å²) >= 11 is 3.35. The maximum Gasteiger partial charge on any atom is 0.323 e. The van der Waals surface area contributed by atoms with E-state index in [-0.39, 0.29) is 23.5 Å². The third kappa shape index (κ3) is 2.93. The van der Waals surface area contributed by atoms with Gasteiger partial charge in [0.05, 0.1) is 5.69 Å². The zero-order valence-electron chi connectivity index (χ0n) is 15.3. The number of carboxylic acid groups (broad SMARTS) is 1. The maximum atomic E-state index is 13.4. The van der Waals surface area contributed by atoms with Crippen molar-refractivity contribution in [1.29, 1.82) is 0 Å². The Hall–Kier alpha value is -2.00. The number of aromatic nitrogens is 3. The first-order valence-corrected chi connectivity index (χ1v) is 10.0. The smallest absolute Gasteiger partial charge is 0.323 e. The van der Waals surface area contributed by atoms with Crippen LogP contribution in [0.3, 0.4) is 0 Å². The minimum Gasteiger partial charge on any atom is -0.480 e. The third-order valence-electron chi connectivity index (χ3n) is 5.59. The second kappa shape index (κ2) is 6.87. The monoisotopic (exact) mass is 435 g/mol. The molecule has 27 heavy (non-hydrogen) atoms. The van der Waals surface area contributed by atoms with Crippen molar-refractivity contribution in [2.75, 3.05) is 18.0 Å². The topological polar surface area (TPSA) is 100 Å². The lowest BCUT2D eigenvalue weighted by Gasteiger charge is -2.50. The van der Waals surface area contributed by atoms with E-state index in [1.807, 2.05) is 6.92 Å². The molecule has 1 saturated heterocycles. The number of hydrogen-bond acceptors (Lipinski definition) is 6. The molecule has 8 nitrogen and oxygen atoms in total. The molecule has 3 heterocycles. The summed E-state index contributed by atoms with van der Waals surface area (Å²) in [6.07, 6.45) is 2.68. The quantitative estimate of drug-likeness (QED) is 0.749. The largest absolute Gasteiger partial charge is 0.480 e. The van der Waals surface area contributed by atoms with Gasteiger partial charge in [0.15, 0.2) is 11.2 Å². The molecule has 2 aromatic heterocycles. The highest BCUT2D eigenvalue weighted by Crippen LogP contribution is 2.33. The predicted octanol–water partition coefficient (Wildman–Crippen LogP) is 1.45. The van der Waals surface area contributed by atoms with E-state index >= 15 is 0 Å². The van der Waals surface area contributed by atoms with E-state index in [0.29, 0.717) is 34.1 Å². The second-order valence-corrected chi connectivity index (χ2v) is 7.88. The molecule has 0 aromatic carbocycles. The van der Waals surface area contributed by atoms with Crippen LogP contribution in [0.4, 0.5) is 5.69 Å². The SMILES string of the molecule is CCc1c(N2CCN[C@H]3CC[C@@H]32)c(=O)c2nc(Br)c(C)nc2n1CC(=O)O. The van der Waals surface area contributed by atoms with Crippen molar-refractivity contribution in [3.63, 3.8) is 0 Å². The standard InChI is InChI=1S/C18H22BrN5O3/c1-3-11-15(23-7-6-20-10-4-5-12(10)23)16(27)14-18(24(11)8-13(25)26)21-9(2)17(19)22-14/h10,12,20H,3-8H2,1-2H3,(H,25,26)/t10-,12-/m0/s1. The molecule has 0 amide bonds. The van der Waals surface area contributed by atoms with Crippen LogP contribution in [0.15, 0.2) is 9.40 Å². The van der Waals surface area contributed by atoms with Crippen LogP contribution in [0, 0.1) is 6.92 Å². The van der Waals surface area contributed by atoms with Crippen molar-refractivity contribution in [1.82, 2.24) is 19.9 Å². The summed E-state index contributed by atoms with van der Waals surface area (Å²) in [4.78, 5) is 36.1. The summed E-state index contributed by atoms with van der Waals surface area (Å²) in [5, 5.41) is 13.0. The maximum absolute atomic E-state index is 13.4. The fourth-order valence-electron chi connectivity index (χ4n) is 4.19. The lowest BCUT2D eigenvalue weighted by molar-refractivity contribution is -0.137. The first-order chi connectivity index (χ1) is 12.9. The zero-order chi connectivity index (χ0) is 19.3. The molecular formula is C18H22BrN5O3. The van der Waals surface area contributed by atoms with Crippen molar-refractivity contribution in [2.24, 2.45) is 0 Å². The van der Waals surface area contributed by atoms with Gasteiger partial charge in [-0.15, -0.1) is 0 Å². The lowest BCUT2D eigenvalue weighted by Crippen LogP contribution is -2.64. The molecule has 1 aliphatic carbocycles. The fraction of sp³-hybridized carbons (Fsp3) is 0.556. The molecule has 0 bridgehead atoms. The Balaban J connectivity index is 2.02. The highest BCUT2D eigenvalue weighted by Gasteiger charge is 2.40. The number of carbonyl (C=O) groups is 1. The van der Waals surface area contributed by atoms with Crippen LogP contribution in [0.1, 0.15) is 31.2 Å². The van der Waals surface area contributed by atoms with Gasteiger partial charge < -0.3 is 19.9 Å². The van der Waals surface area contributed by atoms with Crippen molar-refractivity contribution in [2.45, 2.75) is 51.7 Å². The molecule has 4 rings (SSSR count). The number of piperazine rings is 1. The Morgan fingerprint density at radius 1 is 1.37 bits per heavy atom. The Bertz CT molecular complexity index is 989. The van der Waals surface area contributed by atoms with Gasteiger partial charge in [0.2, 0.25) is 5.43 Å². The van der Waals surface area contributed by atoms with Gasteiger partial charge in [-0.2, -0.15) is 0 Å². The first-order valence-electron chi connectivity index (χ1n) is 9.23. The number of rotatable bonds is 4. The van der Waals surface area contributed by atoms with Gasteiger partial charge in [-0.3, -0.25) is 9.59 Å². The molecule has 1 aliphatic heterocycles. The zero-order valence-corrected chi connectivity index (χ0v) is 16.9. The molecule has 0 spiro atoms. The van der Waals surface area contributed by atoms with Crippen LogP contribution < -0.4 is 15.6 Å². The van der Waals surface area contributed by atoms with E-state index in [1.54, 1.807) is 11.5 Å². The number of carboxylic acids is 1. The fourth-order valence-corrected chi connectivity index (χ4v) is 4.46. The molecule has 2 atom stereocenters. The number of nitrogens with zero attached hydrogens (tertiary/aromatic N) is 4. The van der Waals surface area contributed by atoms with E-state index < -0.39 is 5.97 Å². The number of anilines is 1. The minimum atomic E-state index is -0.968. The van der Waals surface area contributed by atoms with Gasteiger partial charge in [-0.05, 0) is 42.1 Å². The van der Waals surface area contributed by atoms with Crippen LogP contribution in [0.2, 0.25) is 0 Å². The van der Waals surface area contributed by atoms with Gasteiger partial charge >= 0.3 is 5.97 Å². The summed E-state index contributed by atoms with van der Waals surface area (Å²) < 4.78 is 2.15. The Morgan fingerprint density at radius 2 is 2.15 bits per heavy atom. The number of pyridine rings is 1. The minimum absolute atomic E-state index is 0.163. The van der Waals surface area contributed by atoms with Gasteiger partial charge in [0.1, 0.15) is 16.8 Å². The summed E-state index contributed by atoms with van der Waals surface area (Å²) in [7, 11) is 0. The number of aryl methyl sites for hydroxylation is 1. The normalized spacial score (nSPS) is 21.8. The van der Waals surface area contributed by atoms with Gasteiger partial charge in [0.25, 0.3) is 0 Å². The van der Waals surface area contributed by atoms with Crippen molar-refractivity contribution < 1.29 is 9.90 Å². The summed E-state index contributed by atoms with van der Waals surface area (Å²) in [6, 6.07) is 0.664. The molecule has 2 N–H and O–H groups in total. The average molecular weight is 436 g/mol. The first kappa shape index (κ1) is 18.4. The second-order valence-electron chi connectivity index (χ2n) is 7.13. The number of halogens is 1. The molecule has 2 aromatic rings. The van der Waals surface area contributed by atoms with E-state index in [4.69, 9.17) is 0 Å². The molecule has 9 heteroatoms. The van der Waals surface area contributed by atoms with Gasteiger partial charge in [0, 0.05) is 30.9 Å². The van der Waals surface area contributed by atoms with Crippen LogP contribution >= 0.6 is 15.9 Å².